The third kappa shape index (κ3) is 4.12. The molecule has 1 spiro atoms. The number of hydrogen-bond donors (Lipinski definition) is 1. The number of carbonyl (C=O) groups is 1. The molecule has 2 aliphatic rings. The molecule has 7 nitrogen and oxygen atoms in total. The third-order valence-electron chi connectivity index (χ3n) is 7.19. The summed E-state index contributed by atoms with van der Waals surface area (Å²) in [4.78, 5) is 35.2. The number of carbonyl (C=O) groups excluding carboxylic acids is 1. The highest BCUT2D eigenvalue weighted by atomic mass is 19.4. The van der Waals surface area contributed by atoms with Crippen molar-refractivity contribution >= 4 is 16.8 Å². The molecule has 0 aromatic carbocycles. The molecule has 32 heavy (non-hydrogen) atoms. The highest BCUT2D eigenvalue weighted by Gasteiger charge is 2.56. The zero-order chi connectivity index (χ0) is 23.1. The average Bonchev–Trinajstić information content (AvgIpc) is 3.21. The second-order valence-corrected chi connectivity index (χ2v) is 9.32. The Morgan fingerprint density at radius 1 is 1.28 bits per heavy atom. The van der Waals surface area contributed by atoms with E-state index in [9.17, 15) is 27.9 Å². The number of nitrogens with zero attached hydrogens (tertiary/aromatic N) is 4. The summed E-state index contributed by atoms with van der Waals surface area (Å²) >= 11 is 0. The van der Waals surface area contributed by atoms with Gasteiger partial charge in [0.1, 0.15) is 6.33 Å². The van der Waals surface area contributed by atoms with Crippen LogP contribution in [-0.4, -0.2) is 55.3 Å². The maximum Gasteiger partial charge on any atom is 0.389 e. The first kappa shape index (κ1) is 22.7. The number of alkyl halides is 3. The summed E-state index contributed by atoms with van der Waals surface area (Å²) in [6, 6.07) is 1.70. The van der Waals surface area contributed by atoms with Crippen LogP contribution in [0.25, 0.3) is 10.9 Å². The summed E-state index contributed by atoms with van der Waals surface area (Å²) in [5, 5.41) is 12.1. The van der Waals surface area contributed by atoms with Crippen LogP contribution in [0, 0.1) is 11.3 Å². The van der Waals surface area contributed by atoms with Gasteiger partial charge in [0.25, 0.3) is 5.56 Å². The molecule has 1 saturated heterocycles. The summed E-state index contributed by atoms with van der Waals surface area (Å²) in [5.41, 5.74) is -1.69. The largest absolute Gasteiger partial charge is 0.389 e. The minimum atomic E-state index is -4.41. The Kier molecular flexibility index (Phi) is 5.77. The minimum Gasteiger partial charge on any atom is -0.387 e. The number of halogens is 3. The van der Waals surface area contributed by atoms with Crippen LogP contribution in [0.3, 0.4) is 0 Å². The lowest BCUT2D eigenvalue weighted by Gasteiger charge is -2.52. The van der Waals surface area contributed by atoms with Crippen LogP contribution >= 0.6 is 0 Å². The molecule has 4 rings (SSSR count). The summed E-state index contributed by atoms with van der Waals surface area (Å²) in [6.07, 6.45) is 2.09. The molecule has 10 heteroatoms. The molecule has 2 fully saturated rings. The molecular weight excluding hydrogens is 425 g/mol. The molecule has 1 saturated carbocycles. The number of fused-ring (bicyclic) bond motifs is 1. The van der Waals surface area contributed by atoms with Gasteiger partial charge in [-0.1, -0.05) is 19.8 Å². The first-order valence-corrected chi connectivity index (χ1v) is 10.9. The van der Waals surface area contributed by atoms with Gasteiger partial charge in [-0.3, -0.25) is 9.59 Å². The highest BCUT2D eigenvalue weighted by molar-refractivity contribution is 5.79. The van der Waals surface area contributed by atoms with Crippen molar-refractivity contribution in [3.05, 3.63) is 35.1 Å². The van der Waals surface area contributed by atoms with Gasteiger partial charge in [0.15, 0.2) is 0 Å². The molecule has 1 aliphatic carbocycles. The number of likely N-dealkylation sites (tertiary alicyclic amines) is 1. The van der Waals surface area contributed by atoms with E-state index in [0.717, 1.165) is 12.8 Å². The maximum atomic E-state index is 12.9. The predicted molar refractivity (Wildman–Crippen MR) is 111 cm³/mol. The number of aromatic nitrogens is 3. The molecule has 2 aromatic rings. The molecule has 1 unspecified atom stereocenters. The van der Waals surface area contributed by atoms with E-state index in [1.165, 1.54) is 28.9 Å². The Morgan fingerprint density at radius 3 is 2.69 bits per heavy atom. The van der Waals surface area contributed by atoms with E-state index in [0.29, 0.717) is 23.7 Å². The van der Waals surface area contributed by atoms with Crippen molar-refractivity contribution in [1.82, 2.24) is 19.4 Å². The Hall–Kier alpha value is -2.49. The Balaban J connectivity index is 1.59. The van der Waals surface area contributed by atoms with Gasteiger partial charge in [-0.25, -0.2) is 9.97 Å². The standard InChI is InChI=1S/C22H27F3N4O3/c1-15(10-22(23,24)25)18(30)29-9-7-21(32,20(12-29)5-2-3-6-20)13-28-8-4-17-16(19(28)31)11-26-14-27-17/h4,8,11,14-15,32H,2-3,5-7,9-10,12-13H2,1H3/t15-,21?/m1/s1. The quantitative estimate of drug-likeness (QED) is 0.771. The van der Waals surface area contributed by atoms with E-state index in [1.807, 2.05) is 0 Å². The molecular formula is C22H27F3N4O3. The van der Waals surface area contributed by atoms with Gasteiger partial charge in [-0.15, -0.1) is 0 Å². The van der Waals surface area contributed by atoms with Crippen LogP contribution < -0.4 is 5.56 Å². The van der Waals surface area contributed by atoms with Crippen molar-refractivity contribution in [2.24, 2.45) is 11.3 Å². The number of amides is 1. The lowest BCUT2D eigenvalue weighted by Crippen LogP contribution is -2.62. The number of rotatable bonds is 4. The van der Waals surface area contributed by atoms with Gasteiger partial charge in [0.2, 0.25) is 5.91 Å². The van der Waals surface area contributed by atoms with E-state index in [-0.39, 0.29) is 31.6 Å². The van der Waals surface area contributed by atoms with Crippen LogP contribution in [0.4, 0.5) is 13.2 Å². The lowest BCUT2D eigenvalue weighted by molar-refractivity contribution is -0.172. The lowest BCUT2D eigenvalue weighted by atomic mass is 9.65. The van der Waals surface area contributed by atoms with Gasteiger partial charge in [0, 0.05) is 36.8 Å². The van der Waals surface area contributed by atoms with Gasteiger partial charge >= 0.3 is 6.18 Å². The second-order valence-electron chi connectivity index (χ2n) is 9.32. The van der Waals surface area contributed by atoms with Crippen LogP contribution in [0.5, 0.6) is 0 Å². The SMILES string of the molecule is C[C@H](CC(F)(F)F)C(=O)N1CCC(O)(Cn2ccc3ncncc3c2=O)C2(CCCC2)C1. The van der Waals surface area contributed by atoms with Gasteiger partial charge in [-0.05, 0) is 25.3 Å². The number of piperidine rings is 1. The number of aliphatic hydroxyl groups is 1. The van der Waals surface area contributed by atoms with Crippen molar-refractivity contribution in [2.75, 3.05) is 13.1 Å². The monoisotopic (exact) mass is 452 g/mol. The third-order valence-corrected chi connectivity index (χ3v) is 7.19. The number of hydrogen-bond acceptors (Lipinski definition) is 5. The smallest absolute Gasteiger partial charge is 0.387 e. The van der Waals surface area contributed by atoms with E-state index in [4.69, 9.17) is 0 Å². The molecule has 174 valence electrons. The van der Waals surface area contributed by atoms with Crippen LogP contribution in [-0.2, 0) is 11.3 Å². The Morgan fingerprint density at radius 2 is 2.00 bits per heavy atom. The van der Waals surface area contributed by atoms with E-state index >= 15 is 0 Å². The molecule has 0 radical (unpaired) electrons. The zero-order valence-electron chi connectivity index (χ0n) is 17.9. The molecule has 1 amide bonds. The maximum absolute atomic E-state index is 12.9. The average molecular weight is 452 g/mol. The zero-order valence-corrected chi connectivity index (χ0v) is 17.9. The van der Waals surface area contributed by atoms with Crippen LogP contribution in [0.15, 0.2) is 29.6 Å². The van der Waals surface area contributed by atoms with Crippen molar-refractivity contribution in [1.29, 1.82) is 0 Å². The van der Waals surface area contributed by atoms with Crippen molar-refractivity contribution in [2.45, 2.75) is 63.8 Å². The van der Waals surface area contributed by atoms with Crippen molar-refractivity contribution < 1.29 is 23.1 Å². The summed E-state index contributed by atoms with van der Waals surface area (Å²) in [5.74, 6) is -1.70. The fourth-order valence-corrected chi connectivity index (χ4v) is 5.46. The minimum absolute atomic E-state index is 0.0524. The first-order chi connectivity index (χ1) is 15.0. The summed E-state index contributed by atoms with van der Waals surface area (Å²) in [7, 11) is 0. The molecule has 1 aliphatic heterocycles. The summed E-state index contributed by atoms with van der Waals surface area (Å²) in [6.45, 7) is 1.71. The first-order valence-electron chi connectivity index (χ1n) is 10.9. The van der Waals surface area contributed by atoms with E-state index in [2.05, 4.69) is 9.97 Å². The van der Waals surface area contributed by atoms with Crippen molar-refractivity contribution in [3.63, 3.8) is 0 Å². The fourth-order valence-electron chi connectivity index (χ4n) is 5.46. The van der Waals surface area contributed by atoms with Gasteiger partial charge in [-0.2, -0.15) is 13.2 Å². The van der Waals surface area contributed by atoms with Crippen LogP contribution in [0.2, 0.25) is 0 Å². The molecule has 3 heterocycles. The molecule has 0 bridgehead atoms. The van der Waals surface area contributed by atoms with Crippen LogP contribution in [0.1, 0.15) is 45.4 Å². The highest BCUT2D eigenvalue weighted by Crippen LogP contribution is 2.51. The second kappa shape index (κ2) is 8.13. The fraction of sp³-hybridized carbons (Fsp3) is 0.636. The van der Waals surface area contributed by atoms with Crippen molar-refractivity contribution in [3.8, 4) is 0 Å². The topological polar surface area (TPSA) is 88.3 Å². The summed E-state index contributed by atoms with van der Waals surface area (Å²) < 4.78 is 39.8. The Bertz CT molecular complexity index is 1060. The predicted octanol–water partition coefficient (Wildman–Crippen LogP) is 2.90. The van der Waals surface area contributed by atoms with Gasteiger partial charge in [0.05, 0.1) is 29.5 Å². The normalized spacial score (nSPS) is 24.2. The molecule has 2 atom stereocenters. The molecule has 2 aromatic heterocycles. The van der Waals surface area contributed by atoms with Gasteiger partial charge < -0.3 is 14.6 Å². The molecule has 1 N–H and O–H groups in total. The van der Waals surface area contributed by atoms with E-state index in [1.54, 1.807) is 12.3 Å². The Labute approximate surface area is 183 Å². The van der Waals surface area contributed by atoms with E-state index < -0.39 is 35.4 Å². The number of pyridine rings is 1.